The molecule has 23 heavy (non-hydrogen) atoms. The van der Waals surface area contributed by atoms with E-state index < -0.39 is 0 Å². The van der Waals surface area contributed by atoms with E-state index in [1.807, 2.05) is 36.1 Å². The molecule has 1 aliphatic rings. The molecular weight excluding hydrogens is 292 g/mol. The van der Waals surface area contributed by atoms with Crippen LogP contribution in [0.5, 0.6) is 11.5 Å². The molecule has 0 saturated carbocycles. The maximum Gasteiger partial charge on any atom is 0.222 e. The molecule has 2 atom stereocenters. The second kappa shape index (κ2) is 8.77. The number of piperidine rings is 1. The first-order chi connectivity index (χ1) is 11.1. The van der Waals surface area contributed by atoms with Crippen LogP contribution in [-0.2, 0) is 4.79 Å². The third-order valence-corrected chi connectivity index (χ3v) is 4.34. The number of nitrogens with two attached hydrogens (primary N) is 1. The summed E-state index contributed by atoms with van der Waals surface area (Å²) in [7, 11) is 1.64. The Morgan fingerprint density at radius 1 is 1.30 bits per heavy atom. The van der Waals surface area contributed by atoms with Crippen LogP contribution in [0, 0.1) is 0 Å². The Balaban J connectivity index is 1.73. The molecule has 2 unspecified atom stereocenters. The van der Waals surface area contributed by atoms with Crippen molar-refractivity contribution in [2.24, 2.45) is 5.73 Å². The molecule has 5 nitrogen and oxygen atoms in total. The van der Waals surface area contributed by atoms with Gasteiger partial charge in [-0.25, -0.2) is 0 Å². The molecule has 1 aromatic carbocycles. The van der Waals surface area contributed by atoms with Gasteiger partial charge in [0.25, 0.3) is 0 Å². The van der Waals surface area contributed by atoms with E-state index in [9.17, 15) is 4.79 Å². The molecule has 2 N–H and O–H groups in total. The minimum Gasteiger partial charge on any atom is -0.497 e. The Bertz CT molecular complexity index is 488. The topological polar surface area (TPSA) is 64.8 Å². The van der Waals surface area contributed by atoms with Gasteiger partial charge in [0.05, 0.1) is 13.7 Å². The molecule has 0 aromatic heterocycles. The number of ether oxygens (including phenoxy) is 2. The van der Waals surface area contributed by atoms with Gasteiger partial charge in [0.2, 0.25) is 5.91 Å². The molecule has 2 rings (SSSR count). The van der Waals surface area contributed by atoms with Crippen LogP contribution in [-0.4, -0.2) is 43.2 Å². The molecule has 1 aliphatic heterocycles. The molecule has 0 spiro atoms. The van der Waals surface area contributed by atoms with Gasteiger partial charge < -0.3 is 20.1 Å². The van der Waals surface area contributed by atoms with Crippen molar-refractivity contribution in [1.29, 1.82) is 0 Å². The summed E-state index contributed by atoms with van der Waals surface area (Å²) in [4.78, 5) is 14.4. The number of hydrogen-bond acceptors (Lipinski definition) is 4. The molecule has 1 amide bonds. The van der Waals surface area contributed by atoms with Crippen LogP contribution in [0.3, 0.4) is 0 Å². The maximum atomic E-state index is 12.4. The molecule has 1 heterocycles. The first-order valence-corrected chi connectivity index (χ1v) is 8.43. The first kappa shape index (κ1) is 17.6. The van der Waals surface area contributed by atoms with Gasteiger partial charge in [-0.1, -0.05) is 0 Å². The zero-order chi connectivity index (χ0) is 16.7. The van der Waals surface area contributed by atoms with Gasteiger partial charge in [-0.2, -0.15) is 0 Å². The highest BCUT2D eigenvalue weighted by molar-refractivity contribution is 5.76. The molecule has 1 fully saturated rings. The van der Waals surface area contributed by atoms with Crippen molar-refractivity contribution >= 4 is 5.91 Å². The van der Waals surface area contributed by atoms with Crippen LogP contribution < -0.4 is 15.2 Å². The fraction of sp³-hybridized carbons (Fsp3) is 0.611. The molecule has 1 aromatic rings. The number of carbonyl (C=O) groups excluding carboxylic acids is 1. The molecular formula is C18H28N2O3. The van der Waals surface area contributed by atoms with Crippen molar-refractivity contribution in [2.45, 2.75) is 51.1 Å². The van der Waals surface area contributed by atoms with E-state index in [1.54, 1.807) is 7.11 Å². The Kier molecular flexibility index (Phi) is 6.71. The lowest BCUT2D eigenvalue weighted by Gasteiger charge is -2.38. The second-order valence-corrected chi connectivity index (χ2v) is 6.14. The van der Waals surface area contributed by atoms with Crippen LogP contribution in [0.25, 0.3) is 0 Å². The number of hydrogen-bond donors (Lipinski definition) is 1. The minimum absolute atomic E-state index is 0.0369. The summed E-state index contributed by atoms with van der Waals surface area (Å²) in [6, 6.07) is 7.70. The Morgan fingerprint density at radius 2 is 2.00 bits per heavy atom. The Morgan fingerprint density at radius 3 is 2.65 bits per heavy atom. The van der Waals surface area contributed by atoms with Crippen LogP contribution >= 0.6 is 0 Å². The van der Waals surface area contributed by atoms with Gasteiger partial charge in [-0.05, 0) is 56.9 Å². The van der Waals surface area contributed by atoms with Gasteiger partial charge in [0.15, 0.2) is 0 Å². The summed E-state index contributed by atoms with van der Waals surface area (Å²) in [5.41, 5.74) is 6.02. The Hall–Kier alpha value is -1.75. The summed E-state index contributed by atoms with van der Waals surface area (Å²) in [6.07, 6.45) is 4.49. The monoisotopic (exact) mass is 320 g/mol. The predicted octanol–water partition coefficient (Wildman–Crippen LogP) is 2.58. The van der Waals surface area contributed by atoms with Crippen LogP contribution in [0.2, 0.25) is 0 Å². The lowest BCUT2D eigenvalue weighted by Crippen LogP contribution is -2.51. The Labute approximate surface area is 138 Å². The smallest absolute Gasteiger partial charge is 0.222 e. The zero-order valence-electron chi connectivity index (χ0n) is 14.2. The van der Waals surface area contributed by atoms with E-state index in [0.717, 1.165) is 37.3 Å². The fourth-order valence-corrected chi connectivity index (χ4v) is 3.04. The highest BCUT2D eigenvalue weighted by Gasteiger charge is 2.28. The summed E-state index contributed by atoms with van der Waals surface area (Å²) in [5.74, 6) is 1.80. The number of methoxy groups -OCH3 is 1. The van der Waals surface area contributed by atoms with Gasteiger partial charge in [0, 0.05) is 25.0 Å². The zero-order valence-corrected chi connectivity index (χ0v) is 14.2. The lowest BCUT2D eigenvalue weighted by atomic mass is 9.96. The number of carbonyl (C=O) groups is 1. The largest absolute Gasteiger partial charge is 0.497 e. The summed E-state index contributed by atoms with van der Waals surface area (Å²) in [5, 5.41) is 0. The third kappa shape index (κ3) is 5.13. The number of rotatable bonds is 7. The van der Waals surface area contributed by atoms with Crippen molar-refractivity contribution in [2.75, 3.05) is 20.3 Å². The average Bonchev–Trinajstić information content (AvgIpc) is 2.59. The third-order valence-electron chi connectivity index (χ3n) is 4.34. The molecule has 0 aliphatic carbocycles. The van der Waals surface area contributed by atoms with Crippen LogP contribution in [0.1, 0.15) is 39.0 Å². The predicted molar refractivity (Wildman–Crippen MR) is 90.7 cm³/mol. The maximum absolute atomic E-state index is 12.4. The summed E-state index contributed by atoms with van der Waals surface area (Å²) < 4.78 is 10.8. The number of amides is 1. The second-order valence-electron chi connectivity index (χ2n) is 6.14. The summed E-state index contributed by atoms with van der Waals surface area (Å²) in [6.45, 7) is 3.36. The van der Waals surface area contributed by atoms with Crippen molar-refractivity contribution in [3.63, 3.8) is 0 Å². The van der Waals surface area contributed by atoms with Gasteiger partial charge in [-0.15, -0.1) is 0 Å². The van der Waals surface area contributed by atoms with Crippen molar-refractivity contribution < 1.29 is 14.3 Å². The van der Waals surface area contributed by atoms with E-state index in [2.05, 4.69) is 0 Å². The normalized spacial score (nSPS) is 19.3. The van der Waals surface area contributed by atoms with Crippen molar-refractivity contribution in [3.05, 3.63) is 24.3 Å². The number of benzene rings is 1. The highest BCUT2D eigenvalue weighted by Crippen LogP contribution is 2.21. The lowest BCUT2D eigenvalue weighted by molar-refractivity contribution is -0.135. The first-order valence-electron chi connectivity index (χ1n) is 8.43. The van der Waals surface area contributed by atoms with Crippen molar-refractivity contribution in [3.8, 4) is 11.5 Å². The van der Waals surface area contributed by atoms with E-state index in [-0.39, 0.29) is 18.0 Å². The minimum atomic E-state index is 0.0369. The number of nitrogens with zero attached hydrogens (tertiary/aromatic N) is 1. The van der Waals surface area contributed by atoms with E-state index in [4.69, 9.17) is 15.2 Å². The molecule has 128 valence electrons. The molecule has 0 radical (unpaired) electrons. The van der Waals surface area contributed by atoms with Crippen molar-refractivity contribution in [1.82, 2.24) is 4.90 Å². The van der Waals surface area contributed by atoms with Gasteiger partial charge >= 0.3 is 0 Å². The van der Waals surface area contributed by atoms with Crippen LogP contribution in [0.15, 0.2) is 24.3 Å². The van der Waals surface area contributed by atoms with E-state index in [0.29, 0.717) is 19.4 Å². The van der Waals surface area contributed by atoms with E-state index in [1.165, 1.54) is 0 Å². The SMILES string of the molecule is COc1ccc(OCCCC(=O)N2CCCCC2C(C)N)cc1. The molecule has 1 saturated heterocycles. The molecule has 5 heteroatoms. The highest BCUT2D eigenvalue weighted by atomic mass is 16.5. The molecule has 0 bridgehead atoms. The quantitative estimate of drug-likeness (QED) is 0.784. The van der Waals surface area contributed by atoms with E-state index >= 15 is 0 Å². The standard InChI is InChI=1S/C18H28N2O3/c1-14(19)17-6-3-4-12-20(17)18(21)7-5-13-23-16-10-8-15(22-2)9-11-16/h8-11,14,17H,3-7,12-13,19H2,1-2H3. The summed E-state index contributed by atoms with van der Waals surface area (Å²) >= 11 is 0. The number of likely N-dealkylation sites (tertiary alicyclic amines) is 1. The van der Waals surface area contributed by atoms with Gasteiger partial charge in [-0.3, -0.25) is 4.79 Å². The average molecular weight is 320 g/mol. The van der Waals surface area contributed by atoms with Gasteiger partial charge in [0.1, 0.15) is 11.5 Å². The fourth-order valence-electron chi connectivity index (χ4n) is 3.04. The van der Waals surface area contributed by atoms with Crippen LogP contribution in [0.4, 0.5) is 0 Å².